The number of unbranched alkanes of at least 4 members (excludes halogenated alkanes) is 6. The molecule has 0 spiro atoms. The van der Waals surface area contributed by atoms with Crippen LogP contribution >= 0.6 is 0 Å². The molecule has 1 unspecified atom stereocenters. The Labute approximate surface area is 122 Å². The van der Waals surface area contributed by atoms with E-state index in [0.717, 1.165) is 5.92 Å². The van der Waals surface area contributed by atoms with Crippen LogP contribution in [0.4, 0.5) is 0 Å². The average Bonchev–Trinajstić information content (AvgIpc) is 2.29. The lowest BCUT2D eigenvalue weighted by molar-refractivity contribution is 0.294. The van der Waals surface area contributed by atoms with E-state index in [1.165, 1.54) is 70.9 Å². The zero-order chi connectivity index (χ0) is 14.6. The van der Waals surface area contributed by atoms with E-state index in [4.69, 9.17) is 0 Å². The standard InChI is InChI=1S/C18H39N/c1-6-7-8-9-10-11-12-14-19-15-13-17(2)16-18(3,4)5/h17,19H,6-16H2,1-5H3. The van der Waals surface area contributed by atoms with Crippen molar-refractivity contribution in [1.82, 2.24) is 5.32 Å². The highest BCUT2D eigenvalue weighted by Gasteiger charge is 2.14. The third-order valence-corrected chi connectivity index (χ3v) is 3.73. The molecule has 19 heavy (non-hydrogen) atoms. The lowest BCUT2D eigenvalue weighted by atomic mass is 9.84. The molecule has 0 aliphatic rings. The lowest BCUT2D eigenvalue weighted by Crippen LogP contribution is -2.20. The fourth-order valence-electron chi connectivity index (χ4n) is 2.83. The van der Waals surface area contributed by atoms with Gasteiger partial charge >= 0.3 is 0 Å². The Balaban J connectivity index is 3.18. The molecule has 0 heterocycles. The first-order valence-electron chi connectivity index (χ1n) is 8.66. The molecule has 0 aliphatic carbocycles. The molecule has 0 rings (SSSR count). The summed E-state index contributed by atoms with van der Waals surface area (Å²) in [6, 6.07) is 0. The zero-order valence-corrected chi connectivity index (χ0v) is 14.4. The number of hydrogen-bond donors (Lipinski definition) is 1. The van der Waals surface area contributed by atoms with E-state index in [9.17, 15) is 0 Å². The zero-order valence-electron chi connectivity index (χ0n) is 14.4. The van der Waals surface area contributed by atoms with E-state index in [1.54, 1.807) is 0 Å². The van der Waals surface area contributed by atoms with Crippen molar-refractivity contribution in [3.63, 3.8) is 0 Å². The Morgan fingerprint density at radius 3 is 2.00 bits per heavy atom. The molecule has 116 valence electrons. The van der Waals surface area contributed by atoms with Crippen molar-refractivity contribution < 1.29 is 0 Å². The smallest absolute Gasteiger partial charge is 0.00464 e. The molecule has 0 bridgehead atoms. The van der Waals surface area contributed by atoms with Crippen molar-refractivity contribution in [3.8, 4) is 0 Å². The van der Waals surface area contributed by atoms with Gasteiger partial charge in [0.1, 0.15) is 0 Å². The van der Waals surface area contributed by atoms with Crippen molar-refractivity contribution in [2.45, 2.75) is 92.4 Å². The molecule has 1 atom stereocenters. The Hall–Kier alpha value is -0.0400. The van der Waals surface area contributed by atoms with Crippen molar-refractivity contribution in [3.05, 3.63) is 0 Å². The fourth-order valence-corrected chi connectivity index (χ4v) is 2.83. The predicted octanol–water partition coefficient (Wildman–Crippen LogP) is 5.79. The summed E-state index contributed by atoms with van der Waals surface area (Å²) in [4.78, 5) is 0. The molecule has 0 radical (unpaired) electrons. The van der Waals surface area contributed by atoms with Crippen LogP contribution < -0.4 is 5.32 Å². The molecular weight excluding hydrogens is 230 g/mol. The molecule has 0 saturated heterocycles. The maximum Gasteiger partial charge on any atom is -0.00464 e. The number of rotatable bonds is 12. The summed E-state index contributed by atoms with van der Waals surface area (Å²) in [5, 5.41) is 3.60. The minimum Gasteiger partial charge on any atom is -0.317 e. The summed E-state index contributed by atoms with van der Waals surface area (Å²) in [7, 11) is 0. The predicted molar refractivity (Wildman–Crippen MR) is 88.7 cm³/mol. The Kier molecular flexibility index (Phi) is 11.7. The van der Waals surface area contributed by atoms with Crippen LogP contribution in [-0.4, -0.2) is 13.1 Å². The summed E-state index contributed by atoms with van der Waals surface area (Å²) >= 11 is 0. The van der Waals surface area contributed by atoms with Gasteiger partial charge in [0.05, 0.1) is 0 Å². The van der Waals surface area contributed by atoms with Crippen molar-refractivity contribution in [2.75, 3.05) is 13.1 Å². The van der Waals surface area contributed by atoms with E-state index in [2.05, 4.69) is 39.9 Å². The van der Waals surface area contributed by atoms with Gasteiger partial charge < -0.3 is 5.32 Å². The molecule has 0 fully saturated rings. The quantitative estimate of drug-likeness (QED) is 0.442. The first-order chi connectivity index (χ1) is 8.95. The second-order valence-corrected chi connectivity index (χ2v) is 7.53. The van der Waals surface area contributed by atoms with Crippen LogP contribution in [0.15, 0.2) is 0 Å². The van der Waals surface area contributed by atoms with Gasteiger partial charge in [-0.25, -0.2) is 0 Å². The summed E-state index contributed by atoms with van der Waals surface area (Å²) in [5.74, 6) is 0.849. The van der Waals surface area contributed by atoms with Gasteiger partial charge in [0, 0.05) is 0 Å². The summed E-state index contributed by atoms with van der Waals surface area (Å²) in [6.45, 7) is 14.1. The van der Waals surface area contributed by atoms with Crippen LogP contribution in [0, 0.1) is 11.3 Å². The Morgan fingerprint density at radius 1 is 0.842 bits per heavy atom. The summed E-state index contributed by atoms with van der Waals surface area (Å²) in [6.07, 6.45) is 12.5. The SMILES string of the molecule is CCCCCCCCCNCCC(C)CC(C)(C)C. The molecular formula is C18H39N. The highest BCUT2D eigenvalue weighted by atomic mass is 14.8. The van der Waals surface area contributed by atoms with Crippen LogP contribution in [0.1, 0.15) is 92.4 Å². The monoisotopic (exact) mass is 269 g/mol. The third kappa shape index (κ3) is 15.9. The second-order valence-electron chi connectivity index (χ2n) is 7.53. The average molecular weight is 270 g/mol. The van der Waals surface area contributed by atoms with Crippen molar-refractivity contribution in [2.24, 2.45) is 11.3 Å². The molecule has 0 aromatic carbocycles. The van der Waals surface area contributed by atoms with E-state index in [1.807, 2.05) is 0 Å². The van der Waals surface area contributed by atoms with Crippen molar-refractivity contribution in [1.29, 1.82) is 0 Å². The number of nitrogens with one attached hydrogen (secondary N) is 1. The van der Waals surface area contributed by atoms with Crippen LogP contribution in [0.5, 0.6) is 0 Å². The first-order valence-corrected chi connectivity index (χ1v) is 8.66. The summed E-state index contributed by atoms with van der Waals surface area (Å²) < 4.78 is 0. The van der Waals surface area contributed by atoms with Gasteiger partial charge in [0.15, 0.2) is 0 Å². The first kappa shape index (κ1) is 19.0. The van der Waals surface area contributed by atoms with Gasteiger partial charge in [0.2, 0.25) is 0 Å². The van der Waals surface area contributed by atoms with Gasteiger partial charge in [-0.1, -0.05) is 73.1 Å². The minimum absolute atomic E-state index is 0.484. The molecule has 0 aliphatic heterocycles. The molecule has 1 nitrogen and oxygen atoms in total. The molecule has 0 amide bonds. The van der Waals surface area contributed by atoms with Gasteiger partial charge in [-0.15, -0.1) is 0 Å². The Morgan fingerprint density at radius 2 is 1.42 bits per heavy atom. The second kappa shape index (κ2) is 11.8. The van der Waals surface area contributed by atoms with Gasteiger partial charge in [-0.3, -0.25) is 0 Å². The Bertz CT molecular complexity index is 181. The van der Waals surface area contributed by atoms with Crippen LogP contribution in [0.2, 0.25) is 0 Å². The highest BCUT2D eigenvalue weighted by molar-refractivity contribution is 4.67. The number of hydrogen-bond acceptors (Lipinski definition) is 1. The largest absolute Gasteiger partial charge is 0.317 e. The van der Waals surface area contributed by atoms with Crippen LogP contribution in [-0.2, 0) is 0 Å². The van der Waals surface area contributed by atoms with E-state index < -0.39 is 0 Å². The van der Waals surface area contributed by atoms with E-state index in [0.29, 0.717) is 5.41 Å². The third-order valence-electron chi connectivity index (χ3n) is 3.73. The molecule has 0 saturated carbocycles. The van der Waals surface area contributed by atoms with Crippen LogP contribution in [0.3, 0.4) is 0 Å². The molecule has 1 heteroatoms. The van der Waals surface area contributed by atoms with E-state index in [-0.39, 0.29) is 0 Å². The fraction of sp³-hybridized carbons (Fsp3) is 1.00. The van der Waals surface area contributed by atoms with E-state index >= 15 is 0 Å². The maximum absolute atomic E-state index is 3.60. The molecule has 1 N–H and O–H groups in total. The van der Waals surface area contributed by atoms with Gasteiger partial charge in [-0.05, 0) is 43.7 Å². The topological polar surface area (TPSA) is 12.0 Å². The molecule has 0 aromatic heterocycles. The maximum atomic E-state index is 3.60. The van der Waals surface area contributed by atoms with Gasteiger partial charge in [0.25, 0.3) is 0 Å². The minimum atomic E-state index is 0.484. The van der Waals surface area contributed by atoms with Crippen molar-refractivity contribution >= 4 is 0 Å². The lowest BCUT2D eigenvalue weighted by Gasteiger charge is -2.23. The molecule has 0 aromatic rings. The highest BCUT2D eigenvalue weighted by Crippen LogP contribution is 2.25. The van der Waals surface area contributed by atoms with Crippen LogP contribution in [0.25, 0.3) is 0 Å². The summed E-state index contributed by atoms with van der Waals surface area (Å²) in [5.41, 5.74) is 0.484. The van der Waals surface area contributed by atoms with Gasteiger partial charge in [-0.2, -0.15) is 0 Å². The normalized spacial score (nSPS) is 13.7.